The number of nitrogens with zero attached hydrogens (tertiary/aromatic N) is 1. The van der Waals surface area contributed by atoms with E-state index in [2.05, 4.69) is 15.6 Å². The number of anilines is 2. The molecule has 3 aromatic carbocycles. The van der Waals surface area contributed by atoms with E-state index >= 15 is 0 Å². The first-order valence-corrected chi connectivity index (χ1v) is 12.7. The number of thiazole rings is 1. The van der Waals surface area contributed by atoms with Gasteiger partial charge in [0.1, 0.15) is 11.5 Å². The minimum absolute atomic E-state index is 0.106. The number of ether oxygens (including phenoxy) is 2. The van der Waals surface area contributed by atoms with Crippen LogP contribution in [-0.2, 0) is 4.79 Å². The summed E-state index contributed by atoms with van der Waals surface area (Å²) < 4.78 is 12.3. The molecule has 1 aromatic heterocycles. The topological polar surface area (TPSA) is 89.5 Å². The third kappa shape index (κ3) is 6.32. The Morgan fingerprint density at radius 2 is 1.66 bits per heavy atom. The second-order valence-corrected chi connectivity index (χ2v) is 10.2. The van der Waals surface area contributed by atoms with Crippen molar-refractivity contribution in [2.24, 2.45) is 0 Å². The summed E-state index contributed by atoms with van der Waals surface area (Å²) in [4.78, 5) is 29.8. The highest BCUT2D eigenvalue weighted by Gasteiger charge is 2.17. The lowest BCUT2D eigenvalue weighted by Gasteiger charge is -2.11. The van der Waals surface area contributed by atoms with Crippen LogP contribution in [0.15, 0.2) is 71.1 Å². The van der Waals surface area contributed by atoms with Gasteiger partial charge in [0.15, 0.2) is 4.34 Å². The third-order valence-electron chi connectivity index (χ3n) is 5.06. The third-order valence-corrected chi connectivity index (χ3v) is 7.27. The monoisotopic (exact) mass is 507 g/mol. The van der Waals surface area contributed by atoms with E-state index in [4.69, 9.17) is 9.47 Å². The molecule has 4 rings (SSSR count). The summed E-state index contributed by atoms with van der Waals surface area (Å²) in [5, 5.41) is 5.50. The predicted octanol–water partition coefficient (Wildman–Crippen LogP) is 6.08. The van der Waals surface area contributed by atoms with Crippen LogP contribution in [-0.4, -0.2) is 35.8 Å². The highest BCUT2D eigenvalue weighted by Crippen LogP contribution is 2.34. The standard InChI is InChI=1S/C26H25N3O4S2/c1-4-33-21-12-7-18(8-13-21)27-24(30)16(2)34-26-29-22-14-9-19(15-23(22)35-26)28-25(31)17-5-10-20(32-3)11-6-17/h5-16H,4H2,1-3H3,(H,27,30)(H,28,31)/t16-/m1/s1. The number of amides is 2. The van der Waals surface area contributed by atoms with Crippen molar-refractivity contribution in [3.63, 3.8) is 0 Å². The van der Waals surface area contributed by atoms with Gasteiger partial charge in [0, 0.05) is 16.9 Å². The molecule has 2 amide bonds. The zero-order valence-electron chi connectivity index (χ0n) is 19.5. The molecule has 0 bridgehead atoms. The molecule has 180 valence electrons. The zero-order chi connectivity index (χ0) is 24.8. The smallest absolute Gasteiger partial charge is 0.255 e. The van der Waals surface area contributed by atoms with E-state index in [1.165, 1.54) is 23.1 Å². The van der Waals surface area contributed by atoms with Gasteiger partial charge in [0.05, 0.1) is 29.2 Å². The minimum atomic E-state index is -0.337. The summed E-state index contributed by atoms with van der Waals surface area (Å²) in [6.45, 7) is 4.37. The Balaban J connectivity index is 1.38. The molecule has 0 aliphatic carbocycles. The highest BCUT2D eigenvalue weighted by molar-refractivity contribution is 8.02. The van der Waals surface area contributed by atoms with Crippen LogP contribution >= 0.6 is 23.1 Å². The van der Waals surface area contributed by atoms with Gasteiger partial charge in [-0.2, -0.15) is 0 Å². The maximum absolute atomic E-state index is 12.7. The van der Waals surface area contributed by atoms with Crippen molar-refractivity contribution in [3.05, 3.63) is 72.3 Å². The largest absolute Gasteiger partial charge is 0.497 e. The lowest BCUT2D eigenvalue weighted by Crippen LogP contribution is -2.22. The molecule has 7 nitrogen and oxygen atoms in total. The normalized spacial score (nSPS) is 11.6. The summed E-state index contributed by atoms with van der Waals surface area (Å²) in [6.07, 6.45) is 0. The average Bonchev–Trinajstić information content (AvgIpc) is 3.26. The summed E-state index contributed by atoms with van der Waals surface area (Å²) in [5.41, 5.74) is 2.75. The fourth-order valence-corrected chi connectivity index (χ4v) is 5.48. The highest BCUT2D eigenvalue weighted by atomic mass is 32.2. The molecule has 0 fully saturated rings. The van der Waals surface area contributed by atoms with Crippen molar-refractivity contribution < 1.29 is 19.1 Å². The fraction of sp³-hybridized carbons (Fsp3) is 0.192. The molecular formula is C26H25N3O4S2. The van der Waals surface area contributed by atoms with Gasteiger partial charge in [-0.1, -0.05) is 11.8 Å². The van der Waals surface area contributed by atoms with Crippen LogP contribution in [0.2, 0.25) is 0 Å². The van der Waals surface area contributed by atoms with Crippen molar-refractivity contribution in [1.82, 2.24) is 4.98 Å². The number of hydrogen-bond donors (Lipinski definition) is 2. The summed E-state index contributed by atoms with van der Waals surface area (Å²) in [5.74, 6) is 1.15. The molecule has 35 heavy (non-hydrogen) atoms. The number of aromatic nitrogens is 1. The number of nitrogens with one attached hydrogen (secondary N) is 2. The van der Waals surface area contributed by atoms with Crippen LogP contribution in [0.5, 0.6) is 11.5 Å². The van der Waals surface area contributed by atoms with E-state index in [0.29, 0.717) is 29.3 Å². The number of fused-ring (bicyclic) bond motifs is 1. The molecule has 2 N–H and O–H groups in total. The van der Waals surface area contributed by atoms with Crippen molar-refractivity contribution in [2.75, 3.05) is 24.4 Å². The molecule has 0 aliphatic heterocycles. The van der Waals surface area contributed by atoms with Crippen LogP contribution in [0, 0.1) is 0 Å². The van der Waals surface area contributed by atoms with E-state index in [9.17, 15) is 9.59 Å². The molecule has 1 heterocycles. The van der Waals surface area contributed by atoms with Gasteiger partial charge in [0.2, 0.25) is 5.91 Å². The molecule has 9 heteroatoms. The molecule has 0 radical (unpaired) electrons. The van der Waals surface area contributed by atoms with Gasteiger partial charge in [-0.15, -0.1) is 11.3 Å². The first-order valence-electron chi connectivity index (χ1n) is 11.0. The first kappa shape index (κ1) is 24.6. The number of carbonyl (C=O) groups excluding carboxylic acids is 2. The van der Waals surface area contributed by atoms with E-state index < -0.39 is 0 Å². The number of methoxy groups -OCH3 is 1. The van der Waals surface area contributed by atoms with Gasteiger partial charge in [-0.05, 0) is 80.6 Å². The lowest BCUT2D eigenvalue weighted by atomic mass is 10.2. The Morgan fingerprint density at radius 1 is 0.971 bits per heavy atom. The predicted molar refractivity (Wildman–Crippen MR) is 142 cm³/mol. The molecule has 0 saturated carbocycles. The fourth-order valence-electron chi connectivity index (χ4n) is 3.23. The minimum Gasteiger partial charge on any atom is -0.497 e. The van der Waals surface area contributed by atoms with Crippen LogP contribution in [0.4, 0.5) is 11.4 Å². The van der Waals surface area contributed by atoms with E-state index in [1.54, 1.807) is 31.4 Å². The van der Waals surface area contributed by atoms with Crippen molar-refractivity contribution in [3.8, 4) is 11.5 Å². The van der Waals surface area contributed by atoms with Crippen LogP contribution in [0.25, 0.3) is 10.2 Å². The number of hydrogen-bond acceptors (Lipinski definition) is 7. The van der Waals surface area contributed by atoms with Gasteiger partial charge >= 0.3 is 0 Å². The second kappa shape index (κ2) is 11.2. The molecule has 0 unspecified atom stereocenters. The summed E-state index contributed by atoms with van der Waals surface area (Å²) in [7, 11) is 1.58. The Morgan fingerprint density at radius 3 is 2.34 bits per heavy atom. The van der Waals surface area contributed by atoms with Crippen molar-refractivity contribution in [1.29, 1.82) is 0 Å². The van der Waals surface area contributed by atoms with Crippen molar-refractivity contribution in [2.45, 2.75) is 23.4 Å². The summed E-state index contributed by atoms with van der Waals surface area (Å²) in [6, 6.07) is 19.8. The Labute approximate surface area is 211 Å². The first-order chi connectivity index (χ1) is 16.9. The van der Waals surface area contributed by atoms with Gasteiger partial charge in [0.25, 0.3) is 5.91 Å². The Bertz CT molecular complexity index is 1320. The SMILES string of the molecule is CCOc1ccc(NC(=O)[C@@H](C)Sc2nc3ccc(NC(=O)c4ccc(OC)cc4)cc3s2)cc1. The molecule has 0 saturated heterocycles. The van der Waals surface area contributed by atoms with Crippen LogP contribution in [0.1, 0.15) is 24.2 Å². The maximum atomic E-state index is 12.7. The van der Waals surface area contributed by atoms with E-state index in [1.807, 2.05) is 56.3 Å². The van der Waals surface area contributed by atoms with Gasteiger partial charge in [-0.3, -0.25) is 9.59 Å². The summed E-state index contributed by atoms with van der Waals surface area (Å²) >= 11 is 2.89. The zero-order valence-corrected chi connectivity index (χ0v) is 21.2. The van der Waals surface area contributed by atoms with Gasteiger partial charge in [-0.25, -0.2) is 4.98 Å². The second-order valence-electron chi connectivity index (χ2n) is 7.55. The number of rotatable bonds is 9. The quantitative estimate of drug-likeness (QED) is 0.267. The van der Waals surface area contributed by atoms with Crippen molar-refractivity contribution >= 4 is 56.5 Å². The maximum Gasteiger partial charge on any atom is 0.255 e. The molecular weight excluding hydrogens is 482 g/mol. The van der Waals surface area contributed by atoms with E-state index in [0.717, 1.165) is 20.3 Å². The average molecular weight is 508 g/mol. The lowest BCUT2D eigenvalue weighted by molar-refractivity contribution is -0.115. The Kier molecular flexibility index (Phi) is 7.89. The molecule has 0 aliphatic rings. The molecule has 0 spiro atoms. The molecule has 4 aromatic rings. The number of carbonyl (C=O) groups is 2. The molecule has 1 atom stereocenters. The van der Waals surface area contributed by atoms with Gasteiger partial charge < -0.3 is 20.1 Å². The number of benzene rings is 3. The number of thioether (sulfide) groups is 1. The Hall–Kier alpha value is -3.56. The van der Waals surface area contributed by atoms with Crippen LogP contribution in [0.3, 0.4) is 0 Å². The van der Waals surface area contributed by atoms with E-state index in [-0.39, 0.29) is 17.1 Å². The van der Waals surface area contributed by atoms with Crippen LogP contribution < -0.4 is 20.1 Å².